The molecule has 2 atom stereocenters. The second kappa shape index (κ2) is 8.93. The number of carbonyl (C=O) groups is 1. The van der Waals surface area contributed by atoms with Crippen LogP contribution in [0.3, 0.4) is 0 Å². The molecule has 0 aromatic heterocycles. The van der Waals surface area contributed by atoms with Crippen molar-refractivity contribution in [2.45, 2.75) is 43.7 Å². The van der Waals surface area contributed by atoms with Crippen molar-refractivity contribution in [3.8, 4) is 0 Å². The maximum absolute atomic E-state index is 12.9. The SMILES string of the molecule is CC(N)C(C)C(=O)N1CCC(NS(=O)(=O)c2ccc(F)cc2)CC1.Cl. The second-order valence-electron chi connectivity index (χ2n) is 6.32. The summed E-state index contributed by atoms with van der Waals surface area (Å²) >= 11 is 0. The van der Waals surface area contributed by atoms with Crippen LogP contribution in [0.25, 0.3) is 0 Å². The van der Waals surface area contributed by atoms with Crippen molar-refractivity contribution in [1.29, 1.82) is 0 Å². The van der Waals surface area contributed by atoms with Crippen molar-refractivity contribution < 1.29 is 17.6 Å². The number of benzene rings is 1. The molecule has 0 saturated carbocycles. The average molecular weight is 394 g/mol. The summed E-state index contributed by atoms with van der Waals surface area (Å²) in [5.41, 5.74) is 5.76. The molecule has 1 aliphatic heterocycles. The van der Waals surface area contributed by atoms with Crippen molar-refractivity contribution in [1.82, 2.24) is 9.62 Å². The van der Waals surface area contributed by atoms with E-state index in [1.165, 1.54) is 12.1 Å². The third kappa shape index (κ3) is 5.64. The normalized spacial score (nSPS) is 18.3. The molecule has 0 aliphatic carbocycles. The van der Waals surface area contributed by atoms with E-state index in [9.17, 15) is 17.6 Å². The first-order valence-corrected chi connectivity index (χ1v) is 9.51. The molecule has 3 N–H and O–H groups in total. The number of rotatable bonds is 5. The zero-order valence-electron chi connectivity index (χ0n) is 14.3. The molecule has 1 aromatic carbocycles. The zero-order chi connectivity index (χ0) is 17.9. The maximum Gasteiger partial charge on any atom is 0.240 e. The van der Waals surface area contributed by atoms with Crippen molar-refractivity contribution in [2.24, 2.45) is 11.7 Å². The number of nitrogens with two attached hydrogens (primary N) is 1. The van der Waals surface area contributed by atoms with E-state index in [0.717, 1.165) is 12.1 Å². The Bertz CT molecular complexity index is 674. The van der Waals surface area contributed by atoms with Gasteiger partial charge < -0.3 is 10.6 Å². The van der Waals surface area contributed by atoms with Crippen molar-refractivity contribution in [3.05, 3.63) is 30.1 Å². The van der Waals surface area contributed by atoms with Gasteiger partial charge in [0.05, 0.1) is 10.8 Å². The zero-order valence-corrected chi connectivity index (χ0v) is 15.9. The first-order chi connectivity index (χ1) is 11.2. The summed E-state index contributed by atoms with van der Waals surface area (Å²) in [7, 11) is -3.68. The van der Waals surface area contributed by atoms with E-state index in [1.807, 2.05) is 0 Å². The number of hydrogen-bond donors (Lipinski definition) is 2. The third-order valence-electron chi connectivity index (χ3n) is 4.43. The van der Waals surface area contributed by atoms with E-state index in [2.05, 4.69) is 4.72 Å². The number of nitrogens with one attached hydrogen (secondary N) is 1. The van der Waals surface area contributed by atoms with Gasteiger partial charge in [0.25, 0.3) is 0 Å². The topological polar surface area (TPSA) is 92.5 Å². The lowest BCUT2D eigenvalue weighted by atomic mass is 10.00. The molecule has 2 unspecified atom stereocenters. The molecule has 2 rings (SSSR count). The smallest absolute Gasteiger partial charge is 0.240 e. The van der Waals surface area contributed by atoms with Crippen molar-refractivity contribution in [3.63, 3.8) is 0 Å². The van der Waals surface area contributed by atoms with Crippen molar-refractivity contribution in [2.75, 3.05) is 13.1 Å². The molecular formula is C16H25ClFN3O3S. The Kier molecular flexibility index (Phi) is 7.80. The number of piperidine rings is 1. The third-order valence-corrected chi connectivity index (χ3v) is 5.97. The Morgan fingerprint density at radius 2 is 1.76 bits per heavy atom. The minimum absolute atomic E-state index is 0. The van der Waals surface area contributed by atoms with E-state index < -0.39 is 15.8 Å². The van der Waals surface area contributed by atoms with E-state index in [4.69, 9.17) is 5.73 Å². The molecule has 0 radical (unpaired) electrons. The number of nitrogens with zero attached hydrogens (tertiary/aromatic N) is 1. The van der Waals surface area contributed by atoms with Gasteiger partial charge in [-0.25, -0.2) is 17.5 Å². The van der Waals surface area contributed by atoms with Crippen LogP contribution in [-0.4, -0.2) is 44.4 Å². The Hall–Kier alpha value is -1.22. The molecule has 1 aromatic rings. The van der Waals surface area contributed by atoms with Gasteiger partial charge in [0.2, 0.25) is 15.9 Å². The van der Waals surface area contributed by atoms with Gasteiger partial charge in [-0.3, -0.25) is 4.79 Å². The molecule has 1 amide bonds. The predicted octanol–water partition coefficient (Wildman–Crippen LogP) is 1.50. The number of carbonyl (C=O) groups excluding carboxylic acids is 1. The van der Waals surface area contributed by atoms with Crippen LogP contribution in [-0.2, 0) is 14.8 Å². The minimum Gasteiger partial charge on any atom is -0.342 e. The summed E-state index contributed by atoms with van der Waals surface area (Å²) in [5, 5.41) is 0. The Morgan fingerprint density at radius 1 is 1.24 bits per heavy atom. The Morgan fingerprint density at radius 3 is 2.24 bits per heavy atom. The summed E-state index contributed by atoms with van der Waals surface area (Å²) in [5.74, 6) is -0.730. The Balaban J connectivity index is 0.00000312. The van der Waals surface area contributed by atoms with E-state index in [0.29, 0.717) is 25.9 Å². The maximum atomic E-state index is 12.9. The summed E-state index contributed by atoms with van der Waals surface area (Å²) in [6, 6.07) is 4.25. The number of halogens is 2. The molecule has 1 fully saturated rings. The molecule has 6 nitrogen and oxygen atoms in total. The first kappa shape index (κ1) is 21.8. The van der Waals surface area contributed by atoms with Crippen LogP contribution in [0.5, 0.6) is 0 Å². The van der Waals surface area contributed by atoms with E-state index >= 15 is 0 Å². The van der Waals surface area contributed by atoms with Crippen molar-refractivity contribution >= 4 is 28.3 Å². The highest BCUT2D eigenvalue weighted by Crippen LogP contribution is 2.17. The highest BCUT2D eigenvalue weighted by molar-refractivity contribution is 7.89. The highest BCUT2D eigenvalue weighted by Gasteiger charge is 2.29. The quantitative estimate of drug-likeness (QED) is 0.792. The van der Waals surface area contributed by atoms with Gasteiger partial charge in [0.15, 0.2) is 0 Å². The predicted molar refractivity (Wildman–Crippen MR) is 96.4 cm³/mol. The van der Waals surface area contributed by atoms with Gasteiger partial charge in [0.1, 0.15) is 5.82 Å². The molecule has 142 valence electrons. The van der Waals surface area contributed by atoms with Gasteiger partial charge in [-0.05, 0) is 44.0 Å². The van der Waals surface area contributed by atoms with Crippen LogP contribution in [0.1, 0.15) is 26.7 Å². The lowest BCUT2D eigenvalue weighted by Crippen LogP contribution is -2.49. The van der Waals surface area contributed by atoms with Gasteiger partial charge in [-0.2, -0.15) is 0 Å². The molecule has 1 heterocycles. The molecule has 9 heteroatoms. The van der Waals surface area contributed by atoms with Gasteiger partial charge >= 0.3 is 0 Å². The lowest BCUT2D eigenvalue weighted by molar-refractivity contribution is -0.136. The fraction of sp³-hybridized carbons (Fsp3) is 0.562. The van der Waals surface area contributed by atoms with Crippen LogP contribution in [0.15, 0.2) is 29.2 Å². The number of hydrogen-bond acceptors (Lipinski definition) is 4. The van der Waals surface area contributed by atoms with E-state index in [1.54, 1.807) is 18.7 Å². The molecule has 1 aliphatic rings. The summed E-state index contributed by atoms with van der Waals surface area (Å²) in [6.45, 7) is 4.58. The van der Waals surface area contributed by atoms with E-state index in [-0.39, 0.29) is 41.2 Å². The fourth-order valence-electron chi connectivity index (χ4n) is 2.63. The summed E-state index contributed by atoms with van der Waals surface area (Å²) in [6.07, 6.45) is 1.08. The van der Waals surface area contributed by atoms with Gasteiger partial charge in [-0.1, -0.05) is 6.92 Å². The number of sulfonamides is 1. The molecule has 1 saturated heterocycles. The van der Waals surface area contributed by atoms with Gasteiger partial charge in [-0.15, -0.1) is 12.4 Å². The summed E-state index contributed by atoms with van der Waals surface area (Å²) < 4.78 is 40.1. The number of likely N-dealkylation sites (tertiary alicyclic amines) is 1. The standard InChI is InChI=1S/C16H24FN3O3S.ClH/c1-11(12(2)18)16(21)20-9-7-14(8-10-20)19-24(22,23)15-5-3-13(17)4-6-15;/h3-6,11-12,14,19H,7-10,18H2,1-2H3;1H. The monoisotopic (exact) mass is 393 g/mol. The fourth-order valence-corrected chi connectivity index (χ4v) is 3.94. The van der Waals surface area contributed by atoms with Gasteiger partial charge in [0, 0.05) is 25.2 Å². The Labute approximate surface area is 154 Å². The molecular weight excluding hydrogens is 369 g/mol. The first-order valence-electron chi connectivity index (χ1n) is 8.03. The molecule has 0 spiro atoms. The lowest BCUT2D eigenvalue weighted by Gasteiger charge is -2.34. The van der Waals surface area contributed by atoms with Crippen LogP contribution < -0.4 is 10.5 Å². The summed E-state index contributed by atoms with van der Waals surface area (Å²) in [4.78, 5) is 14.0. The number of amides is 1. The van der Waals surface area contributed by atoms with Crippen LogP contribution >= 0.6 is 12.4 Å². The van der Waals surface area contributed by atoms with Crippen LogP contribution in [0, 0.1) is 11.7 Å². The van der Waals surface area contributed by atoms with Crippen LogP contribution in [0.4, 0.5) is 4.39 Å². The highest BCUT2D eigenvalue weighted by atomic mass is 35.5. The largest absolute Gasteiger partial charge is 0.342 e. The molecule has 25 heavy (non-hydrogen) atoms. The second-order valence-corrected chi connectivity index (χ2v) is 8.04. The minimum atomic E-state index is -3.68. The van der Waals surface area contributed by atoms with Crippen LogP contribution in [0.2, 0.25) is 0 Å². The molecule has 0 bridgehead atoms. The average Bonchev–Trinajstić information content (AvgIpc) is 2.54.